The van der Waals surface area contributed by atoms with Crippen LogP contribution in [0.25, 0.3) is 0 Å². The van der Waals surface area contributed by atoms with Crippen molar-refractivity contribution in [3.05, 3.63) is 59.7 Å². The van der Waals surface area contributed by atoms with E-state index in [-0.39, 0.29) is 15.6 Å². The number of hydrogen-bond acceptors (Lipinski definition) is 4. The number of thiocarbonyl (C=S) groups is 1. The van der Waals surface area contributed by atoms with Crippen LogP contribution in [-0.4, -0.2) is 29.4 Å². The fraction of sp³-hybridized carbons (Fsp3) is 0.176. The molecule has 0 aliphatic carbocycles. The largest absolute Gasteiger partial charge is 0.416 e. The maximum absolute atomic E-state index is 12.7. The number of primary sulfonamides is 1. The number of hydrogen-bond donors (Lipinski definition) is 4. The minimum Gasteiger partial charge on any atom is -0.339 e. The predicted molar refractivity (Wildman–Crippen MR) is 120 cm³/mol. The Labute approximate surface area is 201 Å². The van der Waals surface area contributed by atoms with Gasteiger partial charge in [0.15, 0.2) is 5.11 Å². The fourth-order valence-corrected chi connectivity index (χ4v) is 3.33. The molecular weight excluding hydrogens is 536 g/mol. The minimum absolute atomic E-state index is 0.114. The van der Waals surface area contributed by atoms with Crippen molar-refractivity contribution in [3.63, 3.8) is 0 Å². The van der Waals surface area contributed by atoms with E-state index in [1.165, 1.54) is 24.3 Å². The van der Waals surface area contributed by atoms with E-state index in [0.29, 0.717) is 5.69 Å². The van der Waals surface area contributed by atoms with Gasteiger partial charge in [-0.05, 0) is 60.7 Å². The Bertz CT molecular complexity index is 1090. The van der Waals surface area contributed by atoms with Crippen LogP contribution in [0.3, 0.4) is 0 Å². The number of sulfonamides is 1. The van der Waals surface area contributed by atoms with Gasteiger partial charge in [0.05, 0.1) is 10.5 Å². The highest BCUT2D eigenvalue weighted by molar-refractivity contribution is 7.89. The molecule has 0 aliphatic rings. The number of rotatable bonds is 5. The number of benzene rings is 2. The highest BCUT2D eigenvalue weighted by Crippen LogP contribution is 2.30. The molecule has 0 spiro atoms. The Morgan fingerprint density at radius 1 is 0.969 bits per heavy atom. The molecule has 0 radical (unpaired) electrons. The standard InChI is InChI=1S/C17H14Cl3F3N4O3S2/c18-16(19,20)14(26-13(28)9-1-3-10(4-2-9)17(21,22)23)27-15(31)25-11-5-7-12(8-6-11)32(24,29)30/h1-8,14H,(H,26,28)(H2,24,29,30)(H2,25,27,31). The van der Waals surface area contributed by atoms with Gasteiger partial charge in [0.2, 0.25) is 13.8 Å². The van der Waals surface area contributed by atoms with Crippen LogP contribution in [0.1, 0.15) is 15.9 Å². The molecule has 15 heteroatoms. The number of anilines is 1. The van der Waals surface area contributed by atoms with E-state index < -0.39 is 37.6 Å². The molecule has 1 amide bonds. The van der Waals surface area contributed by atoms with Gasteiger partial charge in [-0.3, -0.25) is 4.79 Å². The van der Waals surface area contributed by atoms with Crippen LogP contribution in [0.2, 0.25) is 0 Å². The van der Waals surface area contributed by atoms with Crippen LogP contribution in [0, 0.1) is 0 Å². The summed E-state index contributed by atoms with van der Waals surface area (Å²) in [4.78, 5) is 12.3. The summed E-state index contributed by atoms with van der Waals surface area (Å²) in [6.45, 7) is 0. The Morgan fingerprint density at radius 3 is 1.94 bits per heavy atom. The molecule has 2 aromatic carbocycles. The van der Waals surface area contributed by atoms with Crippen molar-refractivity contribution in [1.29, 1.82) is 0 Å². The van der Waals surface area contributed by atoms with E-state index in [4.69, 9.17) is 52.2 Å². The van der Waals surface area contributed by atoms with Gasteiger partial charge in [0.25, 0.3) is 5.91 Å². The zero-order valence-corrected chi connectivity index (χ0v) is 19.5. The van der Waals surface area contributed by atoms with Crippen LogP contribution < -0.4 is 21.1 Å². The van der Waals surface area contributed by atoms with Crippen LogP contribution >= 0.6 is 47.0 Å². The monoisotopic (exact) mass is 548 g/mol. The third-order valence-corrected chi connectivity index (χ3v) is 5.60. The normalized spacial score (nSPS) is 13.2. The maximum Gasteiger partial charge on any atom is 0.416 e. The maximum atomic E-state index is 12.7. The third-order valence-electron chi connectivity index (χ3n) is 3.79. The van der Waals surface area contributed by atoms with Crippen molar-refractivity contribution in [2.75, 3.05) is 5.32 Å². The van der Waals surface area contributed by atoms with Crippen LogP contribution in [0.5, 0.6) is 0 Å². The summed E-state index contributed by atoms with van der Waals surface area (Å²) < 4.78 is 58.5. The molecule has 7 nitrogen and oxygen atoms in total. The molecule has 32 heavy (non-hydrogen) atoms. The van der Waals surface area contributed by atoms with Gasteiger partial charge in [-0.2, -0.15) is 13.2 Å². The molecule has 0 fully saturated rings. The Balaban J connectivity index is 2.08. The van der Waals surface area contributed by atoms with Crippen LogP contribution in [0.4, 0.5) is 18.9 Å². The van der Waals surface area contributed by atoms with Crippen molar-refractivity contribution in [1.82, 2.24) is 10.6 Å². The second-order valence-electron chi connectivity index (χ2n) is 6.19. The lowest BCUT2D eigenvalue weighted by atomic mass is 10.1. The van der Waals surface area contributed by atoms with Crippen molar-refractivity contribution in [3.8, 4) is 0 Å². The number of halogens is 6. The average Bonchev–Trinajstić information content (AvgIpc) is 2.65. The van der Waals surface area contributed by atoms with E-state index in [1.54, 1.807) is 0 Å². The quantitative estimate of drug-likeness (QED) is 0.257. The van der Waals surface area contributed by atoms with Crippen molar-refractivity contribution < 1.29 is 26.4 Å². The Hall–Kier alpha value is -1.83. The first-order valence-corrected chi connectivity index (χ1v) is 11.4. The van der Waals surface area contributed by atoms with E-state index in [9.17, 15) is 26.4 Å². The van der Waals surface area contributed by atoms with Gasteiger partial charge < -0.3 is 16.0 Å². The summed E-state index contributed by atoms with van der Waals surface area (Å²) in [5, 5.41) is 12.5. The lowest BCUT2D eigenvalue weighted by Crippen LogP contribution is -2.56. The molecule has 0 aliphatic heterocycles. The SMILES string of the molecule is NS(=O)(=O)c1ccc(NC(=S)NC(NC(=O)c2ccc(C(F)(F)F)cc2)C(Cl)(Cl)Cl)cc1. The van der Waals surface area contributed by atoms with Crippen molar-refractivity contribution in [2.45, 2.75) is 21.0 Å². The van der Waals surface area contributed by atoms with Crippen LogP contribution in [-0.2, 0) is 16.2 Å². The fourth-order valence-electron chi connectivity index (χ4n) is 2.25. The molecule has 174 valence electrons. The van der Waals surface area contributed by atoms with Crippen molar-refractivity contribution >= 4 is 73.8 Å². The van der Waals surface area contributed by atoms with Gasteiger partial charge in [0.1, 0.15) is 6.17 Å². The summed E-state index contributed by atoms with van der Waals surface area (Å²) in [6, 6.07) is 8.64. The number of nitrogens with two attached hydrogens (primary N) is 1. The molecule has 2 aromatic rings. The minimum atomic E-state index is -4.55. The van der Waals surface area contributed by atoms with E-state index in [0.717, 1.165) is 24.3 Å². The molecule has 2 rings (SSSR count). The molecule has 0 heterocycles. The highest BCUT2D eigenvalue weighted by atomic mass is 35.6. The molecular formula is C17H14Cl3F3N4O3S2. The zero-order valence-electron chi connectivity index (χ0n) is 15.6. The molecule has 0 aromatic heterocycles. The summed E-state index contributed by atoms with van der Waals surface area (Å²) in [5.74, 6) is -0.831. The molecule has 5 N–H and O–H groups in total. The second kappa shape index (κ2) is 9.98. The van der Waals surface area contributed by atoms with Gasteiger partial charge in [0, 0.05) is 11.3 Å². The molecule has 0 saturated heterocycles. The number of carbonyl (C=O) groups is 1. The number of carbonyl (C=O) groups excluding carboxylic acids is 1. The first kappa shape index (κ1) is 26.4. The lowest BCUT2D eigenvalue weighted by Gasteiger charge is -2.27. The third kappa shape index (κ3) is 7.64. The second-order valence-corrected chi connectivity index (χ2v) is 10.5. The smallest absolute Gasteiger partial charge is 0.339 e. The summed E-state index contributed by atoms with van der Waals surface area (Å²) in [6.07, 6.45) is -5.94. The van der Waals surface area contributed by atoms with Gasteiger partial charge >= 0.3 is 6.18 Å². The summed E-state index contributed by atoms with van der Waals surface area (Å²) in [5.41, 5.74) is -0.688. The Morgan fingerprint density at radius 2 is 1.50 bits per heavy atom. The number of nitrogens with one attached hydrogen (secondary N) is 3. The molecule has 0 saturated carbocycles. The first-order valence-electron chi connectivity index (χ1n) is 8.32. The predicted octanol–water partition coefficient (Wildman–Crippen LogP) is 3.77. The topological polar surface area (TPSA) is 113 Å². The van der Waals surface area contributed by atoms with Crippen LogP contribution in [0.15, 0.2) is 53.4 Å². The molecule has 1 atom stereocenters. The highest BCUT2D eigenvalue weighted by Gasteiger charge is 2.35. The zero-order chi connectivity index (χ0) is 24.3. The summed E-state index contributed by atoms with van der Waals surface area (Å²) in [7, 11) is -3.88. The first-order chi connectivity index (χ1) is 14.6. The van der Waals surface area contributed by atoms with E-state index in [1.807, 2.05) is 0 Å². The molecule has 1 unspecified atom stereocenters. The lowest BCUT2D eigenvalue weighted by molar-refractivity contribution is -0.137. The van der Waals surface area contributed by atoms with E-state index >= 15 is 0 Å². The van der Waals surface area contributed by atoms with Gasteiger partial charge in [-0.15, -0.1) is 0 Å². The number of alkyl halides is 6. The summed E-state index contributed by atoms with van der Waals surface area (Å²) >= 11 is 22.7. The molecule has 0 bridgehead atoms. The average molecular weight is 550 g/mol. The van der Waals surface area contributed by atoms with Gasteiger partial charge in [-0.1, -0.05) is 34.8 Å². The van der Waals surface area contributed by atoms with Gasteiger partial charge in [-0.25, -0.2) is 13.6 Å². The Kier molecular flexibility index (Phi) is 8.24. The van der Waals surface area contributed by atoms with Crippen molar-refractivity contribution in [2.24, 2.45) is 5.14 Å². The number of amides is 1. The van der Waals surface area contributed by atoms with E-state index in [2.05, 4.69) is 16.0 Å².